The van der Waals surface area contributed by atoms with Crippen molar-refractivity contribution in [1.82, 2.24) is 20.1 Å². The van der Waals surface area contributed by atoms with Gasteiger partial charge in [0.2, 0.25) is 0 Å². The fourth-order valence-electron chi connectivity index (χ4n) is 3.33. The van der Waals surface area contributed by atoms with E-state index in [1.54, 1.807) is 4.68 Å². The third kappa shape index (κ3) is 3.42. The molecule has 8 heteroatoms. The normalized spacial score (nSPS) is 19.9. The molecule has 1 aromatic carbocycles. The van der Waals surface area contributed by atoms with E-state index < -0.39 is 17.5 Å². The third-order valence-electron chi connectivity index (χ3n) is 4.82. The van der Waals surface area contributed by atoms with Gasteiger partial charge >= 0.3 is 6.03 Å². The highest BCUT2D eigenvalue weighted by atomic mass is 35.5. The van der Waals surface area contributed by atoms with Crippen LogP contribution < -0.4 is 5.32 Å². The number of halogens is 1. The first kappa shape index (κ1) is 20.1. The summed E-state index contributed by atoms with van der Waals surface area (Å²) in [5.41, 5.74) is 0.895. The molecule has 2 aromatic rings. The highest BCUT2D eigenvalue weighted by molar-refractivity contribution is 6.32. The van der Waals surface area contributed by atoms with Gasteiger partial charge in [0.15, 0.2) is 0 Å². The molecule has 0 unspecified atom stereocenters. The highest BCUT2D eigenvalue weighted by Gasteiger charge is 2.51. The molecule has 1 aliphatic heterocycles. The van der Waals surface area contributed by atoms with Crippen molar-refractivity contribution in [1.29, 1.82) is 0 Å². The second kappa shape index (κ2) is 7.75. The predicted molar refractivity (Wildman–Crippen MR) is 108 cm³/mol. The molecule has 0 spiro atoms. The lowest BCUT2D eigenvalue weighted by molar-refractivity contribution is -0.131. The second-order valence-electron chi connectivity index (χ2n) is 7.28. The molecule has 1 saturated heterocycles. The number of carbonyl (C=O) groups excluding carboxylic acids is 2. The van der Waals surface area contributed by atoms with Crippen LogP contribution in [-0.4, -0.2) is 32.9 Å². The lowest BCUT2D eigenvalue weighted by atomic mass is 9.87. The number of imide groups is 1. The van der Waals surface area contributed by atoms with E-state index in [1.807, 2.05) is 44.2 Å². The Hall–Kier alpha value is -2.67. The fourth-order valence-corrected chi connectivity index (χ4v) is 3.62. The maximum atomic E-state index is 13.1. The van der Waals surface area contributed by atoms with Crippen LogP contribution in [0, 0.1) is 12.8 Å². The van der Waals surface area contributed by atoms with Crippen molar-refractivity contribution < 1.29 is 9.59 Å². The number of nitrogens with zero attached hydrogens (tertiary/aromatic N) is 4. The summed E-state index contributed by atoms with van der Waals surface area (Å²) in [6.07, 6.45) is 1.84. The first-order valence-corrected chi connectivity index (χ1v) is 9.67. The van der Waals surface area contributed by atoms with Crippen molar-refractivity contribution in [3.8, 4) is 0 Å². The summed E-state index contributed by atoms with van der Waals surface area (Å²) < 4.78 is 1.70. The van der Waals surface area contributed by atoms with Gasteiger partial charge in [-0.25, -0.2) is 4.79 Å². The maximum Gasteiger partial charge on any atom is 0.346 e. The summed E-state index contributed by atoms with van der Waals surface area (Å²) in [5, 5.41) is 12.7. The summed E-state index contributed by atoms with van der Waals surface area (Å²) in [4.78, 5) is 25.6. The van der Waals surface area contributed by atoms with Crippen molar-refractivity contribution in [2.24, 2.45) is 11.0 Å². The van der Waals surface area contributed by atoms with Crippen LogP contribution in [0.25, 0.3) is 0 Å². The molecule has 28 heavy (non-hydrogen) atoms. The number of urea groups is 1. The minimum atomic E-state index is -1.11. The molecule has 7 nitrogen and oxygen atoms in total. The number of aryl methyl sites for hydroxylation is 1. The van der Waals surface area contributed by atoms with Crippen LogP contribution in [0.15, 0.2) is 35.4 Å². The molecule has 3 amide bonds. The number of nitrogens with one attached hydrogen (secondary N) is 1. The molecule has 148 valence electrons. The summed E-state index contributed by atoms with van der Waals surface area (Å²) in [6.45, 7) is 8.49. The van der Waals surface area contributed by atoms with Gasteiger partial charge in [-0.15, -0.1) is 5.01 Å². The first-order valence-electron chi connectivity index (χ1n) is 9.29. The molecular formula is C20H24ClN5O2. The minimum absolute atomic E-state index is 0.378. The zero-order valence-electron chi connectivity index (χ0n) is 16.4. The Morgan fingerprint density at radius 3 is 2.57 bits per heavy atom. The summed E-state index contributed by atoms with van der Waals surface area (Å²) in [6, 6.07) is 8.63. The summed E-state index contributed by atoms with van der Waals surface area (Å²) in [5.74, 6) is -0.0330. The first-order chi connectivity index (χ1) is 13.3. The van der Waals surface area contributed by atoms with Gasteiger partial charge in [0, 0.05) is 6.54 Å². The standard InChI is InChI=1S/C20H24ClN5O2/c1-5-20(15-9-7-6-8-10-15)18(27)26(19(28)23-20)22-11-16-14(4)24-25(17(16)21)12-13(2)3/h6-11,13H,5,12H2,1-4H3,(H,23,28)/t20-/m1/s1. The van der Waals surface area contributed by atoms with Crippen LogP contribution >= 0.6 is 11.6 Å². The molecule has 2 heterocycles. The predicted octanol–water partition coefficient (Wildman–Crippen LogP) is 3.69. The number of carbonyl (C=O) groups is 2. The van der Waals surface area contributed by atoms with E-state index in [2.05, 4.69) is 29.4 Å². The Morgan fingerprint density at radius 2 is 1.96 bits per heavy atom. The number of hydrogen-bond acceptors (Lipinski definition) is 4. The number of hydrogen-bond donors (Lipinski definition) is 1. The second-order valence-corrected chi connectivity index (χ2v) is 7.64. The molecule has 1 N–H and O–H groups in total. The van der Waals surface area contributed by atoms with Crippen molar-refractivity contribution in [3.63, 3.8) is 0 Å². The number of rotatable bonds is 6. The molecular weight excluding hydrogens is 378 g/mol. The van der Waals surface area contributed by atoms with Gasteiger partial charge in [-0.3, -0.25) is 9.48 Å². The topological polar surface area (TPSA) is 79.6 Å². The molecule has 1 aromatic heterocycles. The van der Waals surface area contributed by atoms with Crippen LogP contribution in [0.1, 0.15) is 44.0 Å². The Labute approximate surface area is 169 Å². The largest absolute Gasteiger partial charge is 0.346 e. The zero-order valence-corrected chi connectivity index (χ0v) is 17.2. The number of benzene rings is 1. The van der Waals surface area contributed by atoms with Crippen LogP contribution in [0.4, 0.5) is 4.79 Å². The maximum absolute atomic E-state index is 13.1. The molecule has 0 bridgehead atoms. The van der Waals surface area contributed by atoms with Crippen molar-refractivity contribution in [2.75, 3.05) is 0 Å². The van der Waals surface area contributed by atoms with Crippen LogP contribution in [-0.2, 0) is 16.9 Å². The SMILES string of the molecule is CC[C@]1(c2ccccc2)NC(=O)N(N=Cc2c(C)nn(CC(C)C)c2Cl)C1=O. The van der Waals surface area contributed by atoms with Gasteiger partial charge in [-0.2, -0.15) is 10.2 Å². The van der Waals surface area contributed by atoms with E-state index in [4.69, 9.17) is 11.6 Å². The number of aromatic nitrogens is 2. The van der Waals surface area contributed by atoms with E-state index in [0.29, 0.717) is 35.3 Å². The Bertz CT molecular complexity index is 922. The summed E-state index contributed by atoms with van der Waals surface area (Å²) >= 11 is 6.42. The smallest absolute Gasteiger partial charge is 0.318 e. The van der Waals surface area contributed by atoms with Gasteiger partial charge in [0.05, 0.1) is 17.5 Å². The van der Waals surface area contributed by atoms with E-state index in [1.165, 1.54) is 6.21 Å². The molecule has 3 rings (SSSR count). The third-order valence-corrected chi connectivity index (χ3v) is 5.22. The average molecular weight is 402 g/mol. The average Bonchev–Trinajstić information content (AvgIpc) is 3.07. The van der Waals surface area contributed by atoms with Gasteiger partial charge in [0.25, 0.3) is 5.91 Å². The van der Waals surface area contributed by atoms with E-state index in [-0.39, 0.29) is 0 Å². The minimum Gasteiger partial charge on any atom is -0.318 e. The zero-order chi connectivity index (χ0) is 20.5. The van der Waals surface area contributed by atoms with E-state index in [9.17, 15) is 9.59 Å². The lowest BCUT2D eigenvalue weighted by Gasteiger charge is -2.24. The van der Waals surface area contributed by atoms with Crippen LogP contribution in [0.2, 0.25) is 5.15 Å². The lowest BCUT2D eigenvalue weighted by Crippen LogP contribution is -2.43. The quantitative estimate of drug-likeness (QED) is 0.592. The van der Waals surface area contributed by atoms with Crippen molar-refractivity contribution >= 4 is 29.8 Å². The van der Waals surface area contributed by atoms with Gasteiger partial charge in [-0.1, -0.05) is 62.7 Å². The molecule has 1 fully saturated rings. The van der Waals surface area contributed by atoms with Crippen LogP contribution in [0.3, 0.4) is 0 Å². The van der Waals surface area contributed by atoms with Gasteiger partial charge in [-0.05, 0) is 24.8 Å². The fraction of sp³-hybridized carbons (Fsp3) is 0.400. The highest BCUT2D eigenvalue weighted by Crippen LogP contribution is 2.32. The van der Waals surface area contributed by atoms with Gasteiger partial charge < -0.3 is 5.32 Å². The van der Waals surface area contributed by atoms with Crippen molar-refractivity contribution in [3.05, 3.63) is 52.3 Å². The molecule has 0 radical (unpaired) electrons. The van der Waals surface area contributed by atoms with Crippen molar-refractivity contribution in [2.45, 2.75) is 46.2 Å². The molecule has 1 atom stereocenters. The number of hydrazone groups is 1. The molecule has 0 aliphatic carbocycles. The number of amides is 3. The van der Waals surface area contributed by atoms with Gasteiger partial charge in [0.1, 0.15) is 10.7 Å². The van der Waals surface area contributed by atoms with Crippen LogP contribution in [0.5, 0.6) is 0 Å². The monoisotopic (exact) mass is 401 g/mol. The Kier molecular flexibility index (Phi) is 5.56. The molecule has 1 aliphatic rings. The Morgan fingerprint density at radius 1 is 1.29 bits per heavy atom. The van der Waals surface area contributed by atoms with E-state index in [0.717, 1.165) is 10.6 Å². The molecule has 0 saturated carbocycles. The Balaban J connectivity index is 1.91. The summed E-state index contributed by atoms with van der Waals surface area (Å²) in [7, 11) is 0. The van der Waals surface area contributed by atoms with E-state index >= 15 is 0 Å².